The summed E-state index contributed by atoms with van der Waals surface area (Å²) >= 11 is 2.82. The molecule has 13 nitrogen and oxygen atoms in total. The van der Waals surface area contributed by atoms with Gasteiger partial charge in [-0.15, -0.1) is 0 Å². The standard InChI is InChI=1S/C19H32N4O9S2/c1-33-7-5-10(20)16(28)21-11(3-4-14(24)25)17(29)22-12(6-8-34-2)18(30)23-13(19(31)32)9-15(26)27/h10-13H,3-9,20H2,1-2H3,(H,21,28)(H,22,29)(H,23,30)(H,24,25)(H,26,27)(H,31,32). The van der Waals surface area contributed by atoms with E-state index in [2.05, 4.69) is 16.0 Å². The molecule has 0 aliphatic carbocycles. The minimum Gasteiger partial charge on any atom is -0.481 e. The first-order valence-corrected chi connectivity index (χ1v) is 13.0. The van der Waals surface area contributed by atoms with Crippen molar-refractivity contribution >= 4 is 59.2 Å². The number of thioether (sulfide) groups is 2. The summed E-state index contributed by atoms with van der Waals surface area (Å²) in [5.74, 6) is -5.64. The topological polar surface area (TPSA) is 225 Å². The molecule has 15 heteroatoms. The summed E-state index contributed by atoms with van der Waals surface area (Å²) in [6.07, 6.45) is 2.40. The first-order chi connectivity index (χ1) is 15.9. The van der Waals surface area contributed by atoms with E-state index in [-0.39, 0.29) is 12.8 Å². The molecule has 3 amide bonds. The summed E-state index contributed by atoms with van der Waals surface area (Å²) in [4.78, 5) is 70.9. The average molecular weight is 525 g/mol. The van der Waals surface area contributed by atoms with Gasteiger partial charge in [0.15, 0.2) is 0 Å². The number of nitrogens with two attached hydrogens (primary N) is 1. The van der Waals surface area contributed by atoms with Crippen LogP contribution < -0.4 is 21.7 Å². The van der Waals surface area contributed by atoms with Crippen molar-refractivity contribution in [1.29, 1.82) is 0 Å². The van der Waals surface area contributed by atoms with E-state index in [1.54, 1.807) is 6.26 Å². The predicted molar refractivity (Wildman–Crippen MR) is 127 cm³/mol. The van der Waals surface area contributed by atoms with Crippen LogP contribution in [0.15, 0.2) is 0 Å². The van der Waals surface area contributed by atoms with Crippen molar-refractivity contribution in [2.24, 2.45) is 5.73 Å². The Hall–Kier alpha value is -2.52. The maximum atomic E-state index is 12.8. The fraction of sp³-hybridized carbons (Fsp3) is 0.684. The van der Waals surface area contributed by atoms with Crippen molar-refractivity contribution in [3.63, 3.8) is 0 Å². The maximum absolute atomic E-state index is 12.8. The van der Waals surface area contributed by atoms with Crippen LogP contribution in [0.4, 0.5) is 0 Å². The lowest BCUT2D eigenvalue weighted by molar-refractivity contribution is -0.147. The highest BCUT2D eigenvalue weighted by atomic mass is 32.2. The zero-order valence-corrected chi connectivity index (χ0v) is 20.6. The molecular formula is C19H32N4O9S2. The number of amides is 3. The fourth-order valence-electron chi connectivity index (χ4n) is 2.62. The molecule has 0 aromatic heterocycles. The Bertz CT molecular complexity index is 739. The van der Waals surface area contributed by atoms with E-state index < -0.39 is 72.6 Å². The van der Waals surface area contributed by atoms with Crippen LogP contribution in [0, 0.1) is 0 Å². The van der Waals surface area contributed by atoms with Crippen LogP contribution in [-0.2, 0) is 28.8 Å². The Morgan fingerprint density at radius 1 is 0.706 bits per heavy atom. The third kappa shape index (κ3) is 13.3. The second-order valence-electron chi connectivity index (χ2n) is 7.22. The summed E-state index contributed by atoms with van der Waals surface area (Å²) in [5.41, 5.74) is 5.80. The van der Waals surface area contributed by atoms with Gasteiger partial charge in [-0.2, -0.15) is 23.5 Å². The second-order valence-corrected chi connectivity index (χ2v) is 9.19. The van der Waals surface area contributed by atoms with Gasteiger partial charge in [-0.05, 0) is 43.3 Å². The molecule has 0 heterocycles. The minimum absolute atomic E-state index is 0.0744. The van der Waals surface area contributed by atoms with Gasteiger partial charge >= 0.3 is 17.9 Å². The Balaban J connectivity index is 5.49. The number of carbonyl (C=O) groups is 6. The van der Waals surface area contributed by atoms with Crippen molar-refractivity contribution in [3.05, 3.63) is 0 Å². The van der Waals surface area contributed by atoms with Gasteiger partial charge in [-0.3, -0.25) is 24.0 Å². The van der Waals surface area contributed by atoms with Crippen molar-refractivity contribution < 1.29 is 44.1 Å². The molecule has 4 atom stereocenters. The molecule has 0 rings (SSSR count). The van der Waals surface area contributed by atoms with E-state index in [9.17, 15) is 28.8 Å². The first kappa shape index (κ1) is 31.5. The number of nitrogens with one attached hydrogen (secondary N) is 3. The Morgan fingerprint density at radius 2 is 1.18 bits per heavy atom. The molecule has 0 aromatic carbocycles. The van der Waals surface area contributed by atoms with Gasteiger partial charge in [0.2, 0.25) is 17.7 Å². The molecule has 0 spiro atoms. The Morgan fingerprint density at radius 3 is 1.65 bits per heavy atom. The van der Waals surface area contributed by atoms with Crippen LogP contribution in [0.3, 0.4) is 0 Å². The highest BCUT2D eigenvalue weighted by molar-refractivity contribution is 7.98. The van der Waals surface area contributed by atoms with Crippen LogP contribution in [0.5, 0.6) is 0 Å². The van der Waals surface area contributed by atoms with Gasteiger partial charge in [-0.1, -0.05) is 0 Å². The summed E-state index contributed by atoms with van der Waals surface area (Å²) in [6.45, 7) is 0. The summed E-state index contributed by atoms with van der Waals surface area (Å²) in [7, 11) is 0. The summed E-state index contributed by atoms with van der Waals surface area (Å²) in [6, 6.07) is -5.18. The van der Waals surface area contributed by atoms with Gasteiger partial charge in [0.1, 0.15) is 18.1 Å². The molecule has 0 saturated carbocycles. The summed E-state index contributed by atoms with van der Waals surface area (Å²) in [5, 5.41) is 33.9. The van der Waals surface area contributed by atoms with Gasteiger partial charge in [0.05, 0.1) is 12.5 Å². The number of carboxylic acids is 3. The molecule has 4 unspecified atom stereocenters. The number of carbonyl (C=O) groups excluding carboxylic acids is 3. The SMILES string of the molecule is CSCCC(N)C(=O)NC(CCC(=O)O)C(=O)NC(CCSC)C(=O)NC(CC(=O)O)C(=O)O. The molecule has 0 fully saturated rings. The average Bonchev–Trinajstić information content (AvgIpc) is 2.76. The number of carboxylic acid groups (broad SMARTS) is 3. The molecule has 194 valence electrons. The van der Waals surface area contributed by atoms with E-state index in [4.69, 9.17) is 21.1 Å². The highest BCUT2D eigenvalue weighted by Crippen LogP contribution is 2.06. The van der Waals surface area contributed by atoms with Crippen molar-refractivity contribution in [2.75, 3.05) is 24.0 Å². The predicted octanol–water partition coefficient (Wildman–Crippen LogP) is -1.30. The Labute approximate surface area is 205 Å². The zero-order chi connectivity index (χ0) is 26.3. The normalized spacial score (nSPS) is 14.2. The van der Waals surface area contributed by atoms with Crippen LogP contribution in [0.25, 0.3) is 0 Å². The van der Waals surface area contributed by atoms with E-state index in [1.807, 2.05) is 6.26 Å². The van der Waals surface area contributed by atoms with Crippen molar-refractivity contribution in [3.8, 4) is 0 Å². The van der Waals surface area contributed by atoms with Gasteiger partial charge in [0, 0.05) is 6.42 Å². The van der Waals surface area contributed by atoms with Crippen LogP contribution in [-0.4, -0.2) is 99.1 Å². The van der Waals surface area contributed by atoms with Gasteiger partial charge < -0.3 is 37.0 Å². The van der Waals surface area contributed by atoms with Crippen LogP contribution >= 0.6 is 23.5 Å². The molecule has 0 saturated heterocycles. The molecule has 0 radical (unpaired) electrons. The molecule has 8 N–H and O–H groups in total. The maximum Gasteiger partial charge on any atom is 0.326 e. The van der Waals surface area contributed by atoms with E-state index in [1.165, 1.54) is 23.5 Å². The molecule has 0 aliphatic heterocycles. The minimum atomic E-state index is -1.71. The van der Waals surface area contributed by atoms with E-state index in [0.717, 1.165) is 0 Å². The molecular weight excluding hydrogens is 492 g/mol. The van der Waals surface area contributed by atoms with Crippen LogP contribution in [0.1, 0.15) is 32.1 Å². The number of hydrogen-bond acceptors (Lipinski definition) is 9. The van der Waals surface area contributed by atoms with Gasteiger partial charge in [-0.25, -0.2) is 4.79 Å². The van der Waals surface area contributed by atoms with E-state index >= 15 is 0 Å². The monoisotopic (exact) mass is 524 g/mol. The molecule has 0 aliphatic rings. The third-order valence-electron chi connectivity index (χ3n) is 4.49. The second kappa shape index (κ2) is 17.0. The number of aliphatic carboxylic acids is 3. The lowest BCUT2D eigenvalue weighted by atomic mass is 10.1. The third-order valence-corrected chi connectivity index (χ3v) is 5.77. The molecule has 0 bridgehead atoms. The molecule has 0 aromatic rings. The van der Waals surface area contributed by atoms with Crippen molar-refractivity contribution in [1.82, 2.24) is 16.0 Å². The smallest absolute Gasteiger partial charge is 0.326 e. The number of rotatable bonds is 18. The van der Waals surface area contributed by atoms with Gasteiger partial charge in [0.25, 0.3) is 0 Å². The zero-order valence-electron chi connectivity index (χ0n) is 18.9. The van der Waals surface area contributed by atoms with Crippen molar-refractivity contribution in [2.45, 2.75) is 56.3 Å². The number of hydrogen-bond donors (Lipinski definition) is 7. The quantitative estimate of drug-likeness (QED) is 0.111. The fourth-order valence-corrected chi connectivity index (χ4v) is 3.58. The Kier molecular flexibility index (Phi) is 15.7. The molecule has 34 heavy (non-hydrogen) atoms. The van der Waals surface area contributed by atoms with E-state index in [0.29, 0.717) is 17.9 Å². The lowest BCUT2D eigenvalue weighted by Crippen LogP contribution is -2.57. The lowest BCUT2D eigenvalue weighted by Gasteiger charge is -2.24. The largest absolute Gasteiger partial charge is 0.481 e. The summed E-state index contributed by atoms with van der Waals surface area (Å²) < 4.78 is 0. The first-order valence-electron chi connectivity index (χ1n) is 10.2. The van der Waals surface area contributed by atoms with Crippen LogP contribution in [0.2, 0.25) is 0 Å². The highest BCUT2D eigenvalue weighted by Gasteiger charge is 2.31.